The van der Waals surface area contributed by atoms with Crippen molar-refractivity contribution in [2.45, 2.75) is 126 Å². The second-order valence-electron chi connectivity index (χ2n) is 20.7. The highest BCUT2D eigenvalue weighted by Gasteiger charge is 2.41. The van der Waals surface area contributed by atoms with Gasteiger partial charge in [0.15, 0.2) is 0 Å². The zero-order valence-electron chi connectivity index (χ0n) is 51.1. The van der Waals surface area contributed by atoms with Crippen molar-refractivity contribution in [2.75, 3.05) is 50.8 Å². The first-order valence-electron chi connectivity index (χ1n) is 28.9. The zero-order chi connectivity index (χ0) is 69.7. The van der Waals surface area contributed by atoms with Gasteiger partial charge in [0.05, 0.1) is 32.6 Å². The summed E-state index contributed by atoms with van der Waals surface area (Å²) in [5.74, 6) is -15.5. The Kier molecular flexibility index (Phi) is 36.3. The number of aromatic hydroxyl groups is 1. The minimum Gasteiger partial charge on any atom is -0.508 e. The Bertz CT molecular complexity index is 2930. The van der Waals surface area contributed by atoms with Crippen molar-refractivity contribution in [3.05, 3.63) is 65.7 Å². The number of aliphatic carboxylic acids is 2. The summed E-state index contributed by atoms with van der Waals surface area (Å²) in [6, 6.07) is 1.48. The molecule has 0 aromatic heterocycles. The standard InChI is InChI=1S/C52H74N16O15S2.2C2H4O2/c53-17-5-4-9-31(45(76)60-23-41(57)72)63-51(82)38-10-6-18-68(38)52(83)37-27-85-84-26-36(61-44(75)25-59-43(74)24-58-42(73)22-54)50(81)65-34(20-29-11-13-30(69)14-12-29)48(79)64-33(19-28-7-2-1-3-8-28)47(78)62-32(15-16-39(55)70)46(77)66-35(21-40(56)71)49(80)67-37;2*1-2(3)4/h1-3,7-8,11-14,31-38,69H,4-6,9-10,15-27,53-54H2,(H2,55,70)(H2,56,71)(H2,57,72)(H,58,73)(H,59,74)(H,60,76)(H,61,75)(H,62,78)(H,63,82)(H,64,79)(H,65,81)(H,66,77)(H,67,80);2*1H3,(H,3,4). The number of nitrogens with one attached hydrogen (secondary N) is 10. The molecule has 8 atom stereocenters. The molecule has 35 nitrogen and oxygen atoms in total. The molecule has 512 valence electrons. The molecule has 37 heteroatoms. The van der Waals surface area contributed by atoms with Crippen LogP contribution >= 0.6 is 21.6 Å². The van der Waals surface area contributed by atoms with Gasteiger partial charge in [0.2, 0.25) is 82.7 Å². The summed E-state index contributed by atoms with van der Waals surface area (Å²) in [6.07, 6.45) is -1.13. The number of nitrogens with two attached hydrogens (primary N) is 5. The van der Waals surface area contributed by atoms with E-state index >= 15 is 0 Å². The molecule has 0 aliphatic carbocycles. The van der Waals surface area contributed by atoms with E-state index in [0.717, 1.165) is 40.3 Å². The topological polar surface area (TPSA) is 587 Å². The fourth-order valence-electron chi connectivity index (χ4n) is 8.62. The average Bonchev–Trinajstić information content (AvgIpc) is 1.82. The third-order valence-electron chi connectivity index (χ3n) is 13.0. The summed E-state index contributed by atoms with van der Waals surface area (Å²) in [4.78, 5) is 208. The summed E-state index contributed by atoms with van der Waals surface area (Å²) in [7, 11) is 1.73. The number of unbranched alkanes of at least 4 members (excludes halogenated alkanes) is 1. The van der Waals surface area contributed by atoms with Crippen molar-refractivity contribution >= 4 is 116 Å². The van der Waals surface area contributed by atoms with Crippen LogP contribution in [0.1, 0.15) is 76.3 Å². The molecule has 2 heterocycles. The first kappa shape index (κ1) is 79.5. The number of hydrogen-bond acceptors (Lipinski definition) is 21. The number of rotatable bonds is 25. The minimum atomic E-state index is -1.87. The Morgan fingerprint density at radius 3 is 1.71 bits per heavy atom. The maximum atomic E-state index is 14.8. The molecule has 23 N–H and O–H groups in total. The van der Waals surface area contributed by atoms with Gasteiger partial charge in [0.1, 0.15) is 54.1 Å². The number of amides is 14. The quantitative estimate of drug-likeness (QED) is 0.0324. The SMILES string of the molecule is CC(=O)O.CC(=O)O.NCCCCC(NC(=O)C1CCCN1C(=O)C1CSSCC(NC(=O)CNC(=O)CNC(=O)CN)C(=O)NC(Cc2ccc(O)cc2)C(=O)NC(Cc2ccccc2)C(=O)NC(CCC(N)=O)C(=O)NC(CC(N)=O)C(=O)N1)C(=O)NCC(N)=O. The van der Waals surface area contributed by atoms with Crippen molar-refractivity contribution in [1.29, 1.82) is 0 Å². The lowest BCUT2D eigenvalue weighted by Crippen LogP contribution is -2.61. The largest absolute Gasteiger partial charge is 0.508 e. The summed E-state index contributed by atoms with van der Waals surface area (Å²) in [5.41, 5.74) is 28.1. The van der Waals surface area contributed by atoms with Gasteiger partial charge in [-0.25, -0.2) is 0 Å². The summed E-state index contributed by atoms with van der Waals surface area (Å²) in [6.45, 7) is 0.156. The lowest BCUT2D eigenvalue weighted by molar-refractivity contribution is -0.142. The second kappa shape index (κ2) is 42.4. The van der Waals surface area contributed by atoms with Gasteiger partial charge in [0.25, 0.3) is 11.9 Å². The Labute approximate surface area is 541 Å². The van der Waals surface area contributed by atoms with Gasteiger partial charge in [-0.15, -0.1) is 0 Å². The Morgan fingerprint density at radius 1 is 0.613 bits per heavy atom. The van der Waals surface area contributed by atoms with Gasteiger partial charge in [-0.1, -0.05) is 64.1 Å². The van der Waals surface area contributed by atoms with Crippen molar-refractivity contribution < 1.29 is 92.0 Å². The summed E-state index contributed by atoms with van der Waals surface area (Å²) < 4.78 is 0. The molecule has 93 heavy (non-hydrogen) atoms. The van der Waals surface area contributed by atoms with Crippen molar-refractivity contribution in [2.24, 2.45) is 28.7 Å². The van der Waals surface area contributed by atoms with Gasteiger partial charge in [-0.3, -0.25) is 76.7 Å². The lowest BCUT2D eigenvalue weighted by Gasteiger charge is -2.31. The number of carbonyl (C=O) groups is 16. The highest BCUT2D eigenvalue weighted by molar-refractivity contribution is 8.76. The van der Waals surface area contributed by atoms with E-state index in [1.807, 2.05) is 0 Å². The fraction of sp³-hybridized carbons (Fsp3) is 0.500. The van der Waals surface area contributed by atoms with Gasteiger partial charge < -0.3 is 102 Å². The molecule has 0 saturated carbocycles. The summed E-state index contributed by atoms with van der Waals surface area (Å²) >= 11 is 0. The molecular weight excluding hydrogens is 1260 g/mol. The number of phenolic OH excluding ortho intramolecular Hbond substituents is 1. The molecule has 2 aromatic rings. The Hall–Kier alpha value is -9.62. The van der Waals surface area contributed by atoms with Crippen molar-refractivity contribution in [3.63, 3.8) is 0 Å². The van der Waals surface area contributed by atoms with E-state index in [-0.39, 0.29) is 56.7 Å². The molecule has 2 aromatic carbocycles. The molecule has 4 rings (SSSR count). The number of hydrogen-bond donors (Lipinski definition) is 18. The normalized spacial score (nSPS) is 19.9. The minimum absolute atomic E-state index is 0.0517. The van der Waals surface area contributed by atoms with Crippen LogP contribution in [-0.2, 0) is 89.6 Å². The van der Waals surface area contributed by atoms with E-state index < -0.39 is 194 Å². The van der Waals surface area contributed by atoms with Gasteiger partial charge in [-0.05, 0) is 68.3 Å². The van der Waals surface area contributed by atoms with Crippen LogP contribution in [0, 0.1) is 0 Å². The molecule has 0 radical (unpaired) electrons. The van der Waals surface area contributed by atoms with Crippen LogP contribution in [0.5, 0.6) is 5.75 Å². The molecule has 0 bridgehead atoms. The molecule has 8 unspecified atom stereocenters. The molecule has 0 spiro atoms. The second-order valence-corrected chi connectivity index (χ2v) is 23.3. The average molecular weight is 1350 g/mol. The molecule has 2 aliphatic rings. The fourth-order valence-corrected chi connectivity index (χ4v) is 10.9. The predicted molar refractivity (Wildman–Crippen MR) is 334 cm³/mol. The number of likely N-dealkylation sites (tertiary alicyclic amines) is 1. The number of carboxylic acid groups (broad SMARTS) is 2. The molecule has 2 saturated heterocycles. The van der Waals surface area contributed by atoms with Crippen LogP contribution in [0.4, 0.5) is 0 Å². The third-order valence-corrected chi connectivity index (χ3v) is 15.4. The molecular formula is C56H82N16O19S2. The van der Waals surface area contributed by atoms with Crippen LogP contribution in [0.15, 0.2) is 54.6 Å². The predicted octanol–water partition coefficient (Wildman–Crippen LogP) is -6.80. The maximum absolute atomic E-state index is 14.8. The van der Waals surface area contributed by atoms with E-state index in [0.29, 0.717) is 24.0 Å². The number of primary amides is 3. The lowest BCUT2D eigenvalue weighted by atomic mass is 10.0. The van der Waals surface area contributed by atoms with E-state index in [2.05, 4.69) is 53.2 Å². The first-order valence-corrected chi connectivity index (χ1v) is 31.4. The van der Waals surface area contributed by atoms with E-state index in [1.165, 1.54) is 24.3 Å². The van der Waals surface area contributed by atoms with Crippen LogP contribution in [0.3, 0.4) is 0 Å². The Balaban J connectivity index is 0.00000347. The number of carboxylic acids is 2. The van der Waals surface area contributed by atoms with E-state index in [9.17, 15) is 72.2 Å². The molecule has 2 fully saturated rings. The van der Waals surface area contributed by atoms with Gasteiger partial charge >= 0.3 is 0 Å². The van der Waals surface area contributed by atoms with Gasteiger partial charge in [-0.2, -0.15) is 0 Å². The van der Waals surface area contributed by atoms with Crippen LogP contribution in [-0.4, -0.2) is 214 Å². The zero-order valence-corrected chi connectivity index (χ0v) is 52.7. The molecule has 14 amide bonds. The number of nitrogens with zero attached hydrogens (tertiary/aromatic N) is 1. The highest BCUT2D eigenvalue weighted by Crippen LogP contribution is 2.26. The van der Waals surface area contributed by atoms with E-state index in [4.69, 9.17) is 48.5 Å². The number of benzene rings is 2. The van der Waals surface area contributed by atoms with Crippen LogP contribution in [0.2, 0.25) is 0 Å². The first-order chi connectivity index (χ1) is 43.9. The monoisotopic (exact) mass is 1350 g/mol. The Morgan fingerprint density at radius 2 is 1.14 bits per heavy atom. The van der Waals surface area contributed by atoms with Crippen molar-refractivity contribution in [1.82, 2.24) is 58.1 Å². The smallest absolute Gasteiger partial charge is 0.300 e. The highest BCUT2D eigenvalue weighted by atomic mass is 33.1. The van der Waals surface area contributed by atoms with E-state index in [1.54, 1.807) is 30.3 Å². The maximum Gasteiger partial charge on any atom is 0.300 e. The van der Waals surface area contributed by atoms with Crippen LogP contribution in [0.25, 0.3) is 0 Å². The van der Waals surface area contributed by atoms with Gasteiger partial charge in [0, 0.05) is 51.2 Å². The number of phenols is 1. The van der Waals surface area contributed by atoms with Crippen LogP contribution < -0.4 is 81.8 Å². The van der Waals surface area contributed by atoms with Crippen molar-refractivity contribution in [3.8, 4) is 5.75 Å². The third kappa shape index (κ3) is 32.3. The summed E-state index contributed by atoms with van der Waals surface area (Å²) in [5, 5.41) is 49.6. The number of carbonyl (C=O) groups excluding carboxylic acids is 14. The molecule has 2 aliphatic heterocycles.